The summed E-state index contributed by atoms with van der Waals surface area (Å²) < 4.78 is 0. The van der Waals surface area contributed by atoms with E-state index >= 15 is 0 Å². The Morgan fingerprint density at radius 1 is 1.47 bits per heavy atom. The van der Waals surface area contributed by atoms with Crippen LogP contribution >= 0.6 is 0 Å². The average molecular weight is 260 g/mol. The Labute approximate surface area is 114 Å². The summed E-state index contributed by atoms with van der Waals surface area (Å²) in [7, 11) is 0. The van der Waals surface area contributed by atoms with E-state index in [1.165, 1.54) is 0 Å². The van der Waals surface area contributed by atoms with Gasteiger partial charge in [0, 0.05) is 0 Å². The molecule has 0 saturated carbocycles. The van der Waals surface area contributed by atoms with Crippen LogP contribution in [0.4, 0.5) is 0 Å². The molecule has 0 unspecified atom stereocenters. The van der Waals surface area contributed by atoms with Crippen molar-refractivity contribution in [2.24, 2.45) is 5.41 Å². The van der Waals surface area contributed by atoms with Gasteiger partial charge in [0.25, 0.3) is 5.91 Å². The second-order valence-corrected chi connectivity index (χ2v) is 5.61. The lowest BCUT2D eigenvalue weighted by molar-refractivity contribution is 0.0919. The molecule has 0 radical (unpaired) electrons. The smallest absolute Gasteiger partial charge is 0.256 e. The normalized spacial score (nSPS) is 12.6. The number of amides is 1. The maximum absolute atomic E-state index is 12.1. The summed E-state index contributed by atoms with van der Waals surface area (Å²) in [5.41, 5.74) is 0.798. The van der Waals surface area contributed by atoms with Crippen LogP contribution in [0.3, 0.4) is 0 Å². The molecule has 4 nitrogen and oxygen atoms in total. The fourth-order valence-electron chi connectivity index (χ4n) is 1.64. The summed E-state index contributed by atoms with van der Waals surface area (Å²) in [6, 6.07) is 6.42. The third-order valence-electron chi connectivity index (χ3n) is 2.99. The largest absolute Gasteiger partial charge is 0.507 e. The molecular formula is C15H20N2O2. The zero-order valence-corrected chi connectivity index (χ0v) is 11.8. The molecule has 19 heavy (non-hydrogen) atoms. The van der Waals surface area contributed by atoms with Crippen LogP contribution in [0, 0.1) is 16.7 Å². The second-order valence-electron chi connectivity index (χ2n) is 5.61. The first-order valence-electron chi connectivity index (χ1n) is 6.32. The number of nitrogens with zero attached hydrogens (tertiary/aromatic N) is 1. The summed E-state index contributed by atoms with van der Waals surface area (Å²) in [5, 5.41) is 21.6. The van der Waals surface area contributed by atoms with Crippen molar-refractivity contribution in [1.29, 1.82) is 5.26 Å². The van der Waals surface area contributed by atoms with E-state index in [2.05, 4.69) is 11.4 Å². The van der Waals surface area contributed by atoms with Crippen LogP contribution in [-0.2, 0) is 6.42 Å². The van der Waals surface area contributed by atoms with Crippen LogP contribution in [0.2, 0.25) is 0 Å². The highest BCUT2D eigenvalue weighted by molar-refractivity contribution is 5.97. The van der Waals surface area contributed by atoms with Gasteiger partial charge in [-0.1, -0.05) is 33.8 Å². The van der Waals surface area contributed by atoms with Gasteiger partial charge >= 0.3 is 0 Å². The number of nitrogens with one attached hydrogen (secondary N) is 1. The topological polar surface area (TPSA) is 73.1 Å². The number of carbonyl (C=O) groups is 1. The number of nitriles is 1. The van der Waals surface area contributed by atoms with E-state index in [0.717, 1.165) is 12.0 Å². The molecule has 0 aliphatic rings. The van der Waals surface area contributed by atoms with Gasteiger partial charge in [0.05, 0.1) is 11.6 Å². The highest BCUT2D eigenvalue weighted by atomic mass is 16.3. The third kappa shape index (κ3) is 3.72. The number of hydrogen-bond acceptors (Lipinski definition) is 3. The molecule has 0 heterocycles. The Morgan fingerprint density at radius 2 is 2.11 bits per heavy atom. The average Bonchev–Trinajstić information content (AvgIpc) is 2.33. The quantitative estimate of drug-likeness (QED) is 0.877. The van der Waals surface area contributed by atoms with Gasteiger partial charge in [-0.15, -0.1) is 0 Å². The lowest BCUT2D eigenvalue weighted by Crippen LogP contribution is -2.42. The first-order chi connectivity index (χ1) is 8.79. The number of aryl methyl sites for hydroxylation is 1. The number of hydrogen-bond donors (Lipinski definition) is 2. The van der Waals surface area contributed by atoms with Crippen molar-refractivity contribution in [3.8, 4) is 11.8 Å². The van der Waals surface area contributed by atoms with Crippen molar-refractivity contribution in [3.63, 3.8) is 0 Å². The van der Waals surface area contributed by atoms with Crippen LogP contribution in [0.5, 0.6) is 5.75 Å². The maximum Gasteiger partial charge on any atom is 0.256 e. The van der Waals surface area contributed by atoms with E-state index < -0.39 is 11.9 Å². The number of phenolic OH excluding ortho intramolecular Hbond substituents is 1. The van der Waals surface area contributed by atoms with Gasteiger partial charge in [-0.3, -0.25) is 4.79 Å². The molecule has 1 atom stereocenters. The minimum Gasteiger partial charge on any atom is -0.507 e. The van der Waals surface area contributed by atoms with Crippen molar-refractivity contribution < 1.29 is 9.90 Å². The van der Waals surface area contributed by atoms with Crippen molar-refractivity contribution in [1.82, 2.24) is 5.32 Å². The monoisotopic (exact) mass is 260 g/mol. The molecule has 1 aromatic carbocycles. The molecular weight excluding hydrogens is 240 g/mol. The number of phenols is 1. The van der Waals surface area contributed by atoms with E-state index in [1.807, 2.05) is 27.7 Å². The van der Waals surface area contributed by atoms with Gasteiger partial charge in [-0.2, -0.15) is 5.26 Å². The molecule has 0 aromatic heterocycles. The van der Waals surface area contributed by atoms with Gasteiger partial charge in [-0.25, -0.2) is 0 Å². The summed E-state index contributed by atoms with van der Waals surface area (Å²) in [6.07, 6.45) is 0.790. The zero-order chi connectivity index (χ0) is 14.6. The summed E-state index contributed by atoms with van der Waals surface area (Å²) in [5.74, 6) is -0.482. The molecule has 1 amide bonds. The molecule has 0 aliphatic heterocycles. The van der Waals surface area contributed by atoms with Crippen molar-refractivity contribution in [3.05, 3.63) is 29.3 Å². The van der Waals surface area contributed by atoms with Gasteiger partial charge < -0.3 is 10.4 Å². The molecule has 1 aromatic rings. The molecule has 0 fully saturated rings. The van der Waals surface area contributed by atoms with E-state index in [-0.39, 0.29) is 16.7 Å². The van der Waals surface area contributed by atoms with Crippen LogP contribution in [0.25, 0.3) is 0 Å². The summed E-state index contributed by atoms with van der Waals surface area (Å²) in [6.45, 7) is 7.60. The second kappa shape index (κ2) is 5.75. The van der Waals surface area contributed by atoms with Gasteiger partial charge in [0.1, 0.15) is 11.8 Å². The van der Waals surface area contributed by atoms with Crippen LogP contribution in [-0.4, -0.2) is 17.1 Å². The van der Waals surface area contributed by atoms with Crippen LogP contribution in [0.15, 0.2) is 18.2 Å². The molecule has 2 N–H and O–H groups in total. The standard InChI is InChI=1S/C15H20N2O2/c1-5-10-6-7-11(12(18)8-10)14(19)17-13(9-16)15(2,3)4/h6-8,13,18H,5H2,1-4H3,(H,17,19)/t13-/m1/s1. The van der Waals surface area contributed by atoms with E-state index in [0.29, 0.717) is 0 Å². The van der Waals surface area contributed by atoms with Crippen LogP contribution < -0.4 is 5.32 Å². The number of aromatic hydroxyl groups is 1. The Hall–Kier alpha value is -2.02. The molecule has 0 aliphatic carbocycles. The Kier molecular flexibility index (Phi) is 4.55. The summed E-state index contributed by atoms with van der Waals surface area (Å²) >= 11 is 0. The SMILES string of the molecule is CCc1ccc(C(=O)N[C@H](C#N)C(C)(C)C)c(O)c1. The molecule has 4 heteroatoms. The molecule has 0 saturated heterocycles. The number of carbonyl (C=O) groups excluding carboxylic acids is 1. The van der Waals surface area contributed by atoms with Gasteiger partial charge in [0.15, 0.2) is 0 Å². The van der Waals surface area contributed by atoms with E-state index in [1.54, 1.807) is 18.2 Å². The van der Waals surface area contributed by atoms with Gasteiger partial charge in [0.2, 0.25) is 0 Å². The first-order valence-corrected chi connectivity index (χ1v) is 6.32. The summed E-state index contributed by atoms with van der Waals surface area (Å²) in [4.78, 5) is 12.1. The zero-order valence-electron chi connectivity index (χ0n) is 11.8. The molecule has 1 rings (SSSR count). The van der Waals surface area contributed by atoms with E-state index in [4.69, 9.17) is 5.26 Å². The maximum atomic E-state index is 12.1. The first kappa shape index (κ1) is 15.0. The minimum atomic E-state index is -0.606. The van der Waals surface area contributed by atoms with Crippen molar-refractivity contribution in [2.75, 3.05) is 0 Å². The van der Waals surface area contributed by atoms with Crippen molar-refractivity contribution >= 4 is 5.91 Å². The van der Waals surface area contributed by atoms with Crippen LogP contribution in [0.1, 0.15) is 43.6 Å². The molecule has 102 valence electrons. The third-order valence-corrected chi connectivity index (χ3v) is 2.99. The van der Waals surface area contributed by atoms with E-state index in [9.17, 15) is 9.90 Å². The van der Waals surface area contributed by atoms with Gasteiger partial charge in [-0.05, 0) is 29.5 Å². The molecule has 0 spiro atoms. The lowest BCUT2D eigenvalue weighted by Gasteiger charge is -2.25. The predicted molar refractivity (Wildman–Crippen MR) is 73.8 cm³/mol. The highest BCUT2D eigenvalue weighted by Gasteiger charge is 2.27. The predicted octanol–water partition coefficient (Wildman–Crippen LogP) is 2.62. The molecule has 0 bridgehead atoms. The highest BCUT2D eigenvalue weighted by Crippen LogP contribution is 2.22. The lowest BCUT2D eigenvalue weighted by atomic mass is 9.87. The minimum absolute atomic E-state index is 0.0533. The number of benzene rings is 1. The Balaban J connectivity index is 2.93. The van der Waals surface area contributed by atoms with Crippen molar-refractivity contribution in [2.45, 2.75) is 40.2 Å². The Morgan fingerprint density at radius 3 is 2.53 bits per heavy atom. The fourth-order valence-corrected chi connectivity index (χ4v) is 1.64. The Bertz CT molecular complexity index is 510. The fraction of sp³-hybridized carbons (Fsp3) is 0.467. The number of rotatable bonds is 3.